The first kappa shape index (κ1) is 18.8. The molecule has 0 saturated heterocycles. The van der Waals surface area contributed by atoms with Gasteiger partial charge in [0.2, 0.25) is 0 Å². The Balaban J connectivity index is 2.05. The largest absolute Gasteiger partial charge is 0.286 e. The van der Waals surface area contributed by atoms with Crippen molar-refractivity contribution in [1.82, 2.24) is 0 Å². The number of nitrogens with zero attached hydrogens (tertiary/aromatic N) is 2. The summed E-state index contributed by atoms with van der Waals surface area (Å²) in [5.74, 6) is -0.322. The third-order valence-electron chi connectivity index (χ3n) is 3.32. The molecule has 130 valence electrons. The molecule has 2 rings (SSSR count). The van der Waals surface area contributed by atoms with Gasteiger partial charge in [0.15, 0.2) is 0 Å². The first-order valence-electron chi connectivity index (χ1n) is 7.83. The monoisotopic (exact) mass is 356 g/mol. The second-order valence-corrected chi connectivity index (χ2v) is 6.90. The topological polar surface area (TPSA) is 79.1 Å². The van der Waals surface area contributed by atoms with Gasteiger partial charge in [0.25, 0.3) is 10.1 Å². The Kier molecular flexibility index (Phi) is 7.25. The highest BCUT2D eigenvalue weighted by Gasteiger charge is 2.06. The first-order chi connectivity index (χ1) is 12.0. The van der Waals surface area contributed by atoms with Gasteiger partial charge in [-0.25, -0.2) is 0 Å². The summed E-state index contributed by atoms with van der Waals surface area (Å²) in [6.45, 7) is 0. The minimum Gasteiger partial charge on any atom is -0.286 e. The Morgan fingerprint density at radius 1 is 0.920 bits per heavy atom. The van der Waals surface area contributed by atoms with Crippen molar-refractivity contribution in [2.45, 2.75) is 12.8 Å². The molecule has 0 aliphatic rings. The van der Waals surface area contributed by atoms with E-state index >= 15 is 0 Å². The maximum absolute atomic E-state index is 11.0. The normalized spacial score (nSPS) is 12.9. The predicted octanol–water partition coefficient (Wildman–Crippen LogP) is 4.39. The molecule has 0 amide bonds. The van der Waals surface area contributed by atoms with Crippen LogP contribution < -0.4 is 0 Å². The van der Waals surface area contributed by atoms with Gasteiger partial charge in [-0.15, -0.1) is 0 Å². The number of rotatable bonds is 8. The molecule has 0 fully saturated rings. The van der Waals surface area contributed by atoms with E-state index in [0.29, 0.717) is 6.42 Å². The average molecular weight is 356 g/mol. The van der Waals surface area contributed by atoms with E-state index in [9.17, 15) is 8.42 Å². The highest BCUT2D eigenvalue weighted by atomic mass is 32.2. The molecule has 2 aromatic carbocycles. The zero-order valence-corrected chi connectivity index (χ0v) is 14.5. The molecule has 0 unspecified atom stereocenters. The lowest BCUT2D eigenvalue weighted by atomic mass is 10.1. The lowest BCUT2D eigenvalue weighted by Crippen LogP contribution is -2.05. The minimum atomic E-state index is -4.00. The van der Waals surface area contributed by atoms with Gasteiger partial charge >= 0.3 is 0 Å². The molecule has 0 aromatic heterocycles. The number of para-hydroxylation sites is 2. The summed E-state index contributed by atoms with van der Waals surface area (Å²) >= 11 is 0. The van der Waals surface area contributed by atoms with Gasteiger partial charge < -0.3 is 0 Å². The van der Waals surface area contributed by atoms with Crippen molar-refractivity contribution in [2.75, 3.05) is 5.75 Å². The number of aliphatic imine (C=N–C) groups is 2. The van der Waals surface area contributed by atoms with Gasteiger partial charge in [0.05, 0.1) is 17.1 Å². The standard InChI is InChI=1S/C19H20N2O3S/c22-25(23,24)16-13-17(11-14-20-18-7-3-1-4-8-18)12-15-21-19-9-5-2-6-10-19/h1-11,14-15H,12-13,16H2,(H,22,23,24)/b17-11+,20-14?,21-15?. The highest BCUT2D eigenvalue weighted by molar-refractivity contribution is 7.85. The molecule has 0 radical (unpaired) electrons. The van der Waals surface area contributed by atoms with Crippen LogP contribution in [0, 0.1) is 0 Å². The smallest absolute Gasteiger partial charge is 0.265 e. The average Bonchev–Trinajstić information content (AvgIpc) is 2.60. The van der Waals surface area contributed by atoms with Crippen LogP contribution in [-0.2, 0) is 10.1 Å². The third kappa shape index (κ3) is 8.19. The maximum Gasteiger partial charge on any atom is 0.265 e. The second-order valence-electron chi connectivity index (χ2n) is 5.33. The third-order valence-corrected chi connectivity index (χ3v) is 4.04. The molecule has 0 heterocycles. The van der Waals surface area contributed by atoms with Crippen LogP contribution >= 0.6 is 0 Å². The van der Waals surface area contributed by atoms with Gasteiger partial charge in [0, 0.05) is 18.9 Å². The van der Waals surface area contributed by atoms with Crippen LogP contribution in [0.1, 0.15) is 12.8 Å². The summed E-state index contributed by atoms with van der Waals surface area (Å²) in [6.07, 6.45) is 5.81. The number of benzene rings is 2. The Bertz CT molecular complexity index is 843. The van der Waals surface area contributed by atoms with E-state index in [1.807, 2.05) is 60.7 Å². The number of hydrogen-bond donors (Lipinski definition) is 1. The van der Waals surface area contributed by atoms with E-state index in [-0.39, 0.29) is 12.2 Å². The summed E-state index contributed by atoms with van der Waals surface area (Å²) < 4.78 is 30.9. The lowest BCUT2D eigenvalue weighted by molar-refractivity contribution is 0.482. The summed E-state index contributed by atoms with van der Waals surface area (Å²) in [4.78, 5) is 8.63. The SMILES string of the molecule is O=S(=O)(O)CC/C(=C/C=Nc1ccccc1)CC=Nc1ccccc1. The van der Waals surface area contributed by atoms with Gasteiger partial charge in [-0.3, -0.25) is 14.5 Å². The van der Waals surface area contributed by atoms with Crippen molar-refractivity contribution in [2.24, 2.45) is 9.98 Å². The molecule has 6 heteroatoms. The molecule has 5 nitrogen and oxygen atoms in total. The predicted molar refractivity (Wildman–Crippen MR) is 103 cm³/mol. The van der Waals surface area contributed by atoms with E-state index in [1.54, 1.807) is 18.5 Å². The Labute approximate surface area is 148 Å². The summed E-state index contributed by atoms with van der Waals surface area (Å²) in [5.41, 5.74) is 2.46. The van der Waals surface area contributed by atoms with Crippen molar-refractivity contribution in [1.29, 1.82) is 0 Å². The molecule has 0 bridgehead atoms. The molecule has 0 spiro atoms. The van der Waals surface area contributed by atoms with E-state index in [4.69, 9.17) is 4.55 Å². The Morgan fingerprint density at radius 3 is 2.04 bits per heavy atom. The van der Waals surface area contributed by atoms with Gasteiger partial charge in [-0.05, 0) is 36.8 Å². The number of hydrogen-bond acceptors (Lipinski definition) is 4. The molecule has 0 aliphatic heterocycles. The zero-order valence-electron chi connectivity index (χ0n) is 13.7. The van der Waals surface area contributed by atoms with Crippen molar-refractivity contribution >= 4 is 33.9 Å². The Hall–Kier alpha value is -2.57. The van der Waals surface area contributed by atoms with Crippen LogP contribution in [0.3, 0.4) is 0 Å². The Morgan fingerprint density at radius 2 is 1.48 bits per heavy atom. The first-order valence-corrected chi connectivity index (χ1v) is 9.44. The molecule has 25 heavy (non-hydrogen) atoms. The second kappa shape index (κ2) is 9.66. The minimum absolute atomic E-state index is 0.223. The van der Waals surface area contributed by atoms with Crippen LogP contribution in [-0.4, -0.2) is 31.2 Å². The van der Waals surface area contributed by atoms with Gasteiger partial charge in [0.1, 0.15) is 0 Å². The van der Waals surface area contributed by atoms with Crippen molar-refractivity contribution in [3.8, 4) is 0 Å². The fraction of sp³-hybridized carbons (Fsp3) is 0.158. The molecule has 2 aromatic rings. The zero-order chi connectivity index (χ0) is 18.0. The van der Waals surface area contributed by atoms with Crippen LogP contribution in [0.5, 0.6) is 0 Å². The van der Waals surface area contributed by atoms with Crippen LogP contribution in [0.2, 0.25) is 0 Å². The van der Waals surface area contributed by atoms with Gasteiger partial charge in [-0.1, -0.05) is 42.0 Å². The molecular weight excluding hydrogens is 336 g/mol. The summed E-state index contributed by atoms with van der Waals surface area (Å²) in [7, 11) is -4.00. The van der Waals surface area contributed by atoms with Crippen molar-refractivity contribution in [3.05, 3.63) is 72.3 Å². The van der Waals surface area contributed by atoms with Crippen LogP contribution in [0.4, 0.5) is 11.4 Å². The van der Waals surface area contributed by atoms with E-state index in [1.165, 1.54) is 0 Å². The van der Waals surface area contributed by atoms with Crippen LogP contribution in [0.25, 0.3) is 0 Å². The van der Waals surface area contributed by atoms with Crippen molar-refractivity contribution in [3.63, 3.8) is 0 Å². The fourth-order valence-electron chi connectivity index (χ4n) is 2.04. The molecule has 0 saturated carbocycles. The van der Waals surface area contributed by atoms with E-state index in [0.717, 1.165) is 16.9 Å². The highest BCUT2D eigenvalue weighted by Crippen LogP contribution is 2.13. The quantitative estimate of drug-likeness (QED) is 0.563. The van der Waals surface area contributed by atoms with E-state index < -0.39 is 10.1 Å². The van der Waals surface area contributed by atoms with Gasteiger partial charge in [-0.2, -0.15) is 8.42 Å². The fourth-order valence-corrected chi connectivity index (χ4v) is 2.56. The van der Waals surface area contributed by atoms with E-state index in [2.05, 4.69) is 9.98 Å². The van der Waals surface area contributed by atoms with Crippen molar-refractivity contribution < 1.29 is 13.0 Å². The molecule has 0 atom stereocenters. The molecular formula is C19H20N2O3S. The number of allylic oxidation sites excluding steroid dienone is 2. The molecule has 1 N–H and O–H groups in total. The molecule has 0 aliphatic carbocycles. The maximum atomic E-state index is 11.0. The van der Waals surface area contributed by atoms with Crippen LogP contribution in [0.15, 0.2) is 82.3 Å². The summed E-state index contributed by atoms with van der Waals surface area (Å²) in [6, 6.07) is 18.9. The summed E-state index contributed by atoms with van der Waals surface area (Å²) in [5, 5.41) is 0. The lowest BCUT2D eigenvalue weighted by Gasteiger charge is -2.02.